The average molecular weight is 355 g/mol. The van der Waals surface area contributed by atoms with Gasteiger partial charge < -0.3 is 14.7 Å². The van der Waals surface area contributed by atoms with E-state index in [-0.39, 0.29) is 5.54 Å². The van der Waals surface area contributed by atoms with Crippen LogP contribution >= 0.6 is 0 Å². The van der Waals surface area contributed by atoms with Gasteiger partial charge in [0.1, 0.15) is 0 Å². The molecule has 1 N–H and O–H groups in total. The van der Waals surface area contributed by atoms with Crippen molar-refractivity contribution in [3.8, 4) is 0 Å². The Morgan fingerprint density at radius 3 is 2.00 bits per heavy atom. The van der Waals surface area contributed by atoms with Gasteiger partial charge >= 0.3 is 0 Å². The van der Waals surface area contributed by atoms with E-state index in [1.54, 1.807) is 0 Å². The third kappa shape index (κ3) is 6.50. The molecule has 25 heavy (non-hydrogen) atoms. The van der Waals surface area contributed by atoms with Gasteiger partial charge in [-0.3, -0.25) is 4.90 Å². The first-order valence-corrected chi connectivity index (χ1v) is 10.4. The molecule has 2 fully saturated rings. The van der Waals surface area contributed by atoms with E-state index < -0.39 is 5.60 Å². The standard InChI is InChI=1S/C21H42N2O2/c1-17(22-12-7-18(8-13-22)21(5,6)24)11-16-25-19-9-14-23(15-10-19)20(2,3)4/h17-19,24H,7-16H2,1-6H3. The Morgan fingerprint density at radius 1 is 0.960 bits per heavy atom. The average Bonchev–Trinajstić information content (AvgIpc) is 2.54. The third-order valence-electron chi connectivity index (χ3n) is 6.43. The maximum Gasteiger partial charge on any atom is 0.0620 e. The maximum absolute atomic E-state index is 10.2. The summed E-state index contributed by atoms with van der Waals surface area (Å²) in [7, 11) is 0. The van der Waals surface area contributed by atoms with Gasteiger partial charge in [0, 0.05) is 31.3 Å². The summed E-state index contributed by atoms with van der Waals surface area (Å²) in [5.74, 6) is 0.445. The molecule has 0 amide bonds. The lowest BCUT2D eigenvalue weighted by Gasteiger charge is -2.41. The van der Waals surface area contributed by atoms with Crippen LogP contribution in [-0.2, 0) is 4.74 Å². The zero-order chi connectivity index (χ0) is 18.7. The first-order valence-electron chi connectivity index (χ1n) is 10.4. The van der Waals surface area contributed by atoms with Gasteiger partial charge in [-0.15, -0.1) is 0 Å². The van der Waals surface area contributed by atoms with Gasteiger partial charge in [-0.1, -0.05) is 0 Å². The molecule has 0 radical (unpaired) electrons. The van der Waals surface area contributed by atoms with Gasteiger partial charge in [0.15, 0.2) is 0 Å². The van der Waals surface area contributed by atoms with E-state index >= 15 is 0 Å². The Bertz CT molecular complexity index is 384. The predicted octanol–water partition coefficient (Wildman–Crippen LogP) is 3.53. The van der Waals surface area contributed by atoms with E-state index in [1.165, 1.54) is 12.8 Å². The van der Waals surface area contributed by atoms with Crippen molar-refractivity contribution in [2.75, 3.05) is 32.8 Å². The lowest BCUT2D eigenvalue weighted by atomic mass is 9.83. The van der Waals surface area contributed by atoms with Gasteiger partial charge in [0.2, 0.25) is 0 Å². The number of likely N-dealkylation sites (tertiary alicyclic amines) is 2. The van der Waals surface area contributed by atoms with Crippen LogP contribution in [0.15, 0.2) is 0 Å². The molecule has 4 heteroatoms. The van der Waals surface area contributed by atoms with E-state index in [0.717, 1.165) is 52.0 Å². The number of rotatable bonds is 6. The molecule has 1 unspecified atom stereocenters. The molecule has 2 saturated heterocycles. The lowest BCUT2D eigenvalue weighted by Crippen LogP contribution is -2.48. The van der Waals surface area contributed by atoms with E-state index in [9.17, 15) is 5.11 Å². The van der Waals surface area contributed by atoms with Gasteiger partial charge in [0.25, 0.3) is 0 Å². The van der Waals surface area contributed by atoms with Gasteiger partial charge in [-0.2, -0.15) is 0 Å². The van der Waals surface area contributed by atoms with Gasteiger partial charge in [-0.05, 0) is 92.7 Å². The van der Waals surface area contributed by atoms with Gasteiger partial charge in [0.05, 0.1) is 11.7 Å². The molecule has 0 aliphatic carbocycles. The third-order valence-corrected chi connectivity index (χ3v) is 6.43. The molecule has 0 bridgehead atoms. The van der Waals surface area contributed by atoms with Crippen molar-refractivity contribution in [1.82, 2.24) is 9.80 Å². The van der Waals surface area contributed by atoms with Crippen LogP contribution in [0.5, 0.6) is 0 Å². The molecule has 0 aromatic heterocycles. The molecule has 2 heterocycles. The maximum atomic E-state index is 10.2. The molecule has 0 aromatic carbocycles. The molecule has 2 aliphatic rings. The van der Waals surface area contributed by atoms with Crippen LogP contribution in [0.3, 0.4) is 0 Å². The van der Waals surface area contributed by atoms with E-state index in [4.69, 9.17) is 4.74 Å². The smallest absolute Gasteiger partial charge is 0.0620 e. The van der Waals surface area contributed by atoms with Crippen molar-refractivity contribution in [1.29, 1.82) is 0 Å². The number of piperidine rings is 2. The van der Waals surface area contributed by atoms with Crippen LogP contribution in [0.4, 0.5) is 0 Å². The lowest BCUT2D eigenvalue weighted by molar-refractivity contribution is -0.0310. The van der Waals surface area contributed by atoms with Crippen molar-refractivity contribution in [3.63, 3.8) is 0 Å². The van der Waals surface area contributed by atoms with Crippen LogP contribution in [0.2, 0.25) is 0 Å². The summed E-state index contributed by atoms with van der Waals surface area (Å²) in [5.41, 5.74) is -0.241. The summed E-state index contributed by atoms with van der Waals surface area (Å²) in [4.78, 5) is 5.15. The second-order valence-electron chi connectivity index (χ2n) is 9.83. The Labute approximate surface area is 155 Å². The van der Waals surface area contributed by atoms with E-state index in [0.29, 0.717) is 18.1 Å². The largest absolute Gasteiger partial charge is 0.390 e. The Balaban J connectivity index is 1.61. The molecule has 148 valence electrons. The predicted molar refractivity (Wildman–Crippen MR) is 105 cm³/mol. The van der Waals surface area contributed by atoms with Crippen molar-refractivity contribution in [2.24, 2.45) is 5.92 Å². The normalized spacial score (nSPS) is 24.6. The van der Waals surface area contributed by atoms with Crippen LogP contribution in [-0.4, -0.2) is 71.0 Å². The molecule has 0 saturated carbocycles. The molecular formula is C21H42N2O2. The van der Waals surface area contributed by atoms with Crippen LogP contribution < -0.4 is 0 Å². The van der Waals surface area contributed by atoms with E-state index in [2.05, 4.69) is 37.5 Å². The minimum Gasteiger partial charge on any atom is -0.390 e. The quantitative estimate of drug-likeness (QED) is 0.791. The summed E-state index contributed by atoms with van der Waals surface area (Å²) in [6.45, 7) is 18.6. The van der Waals surface area contributed by atoms with Crippen LogP contribution in [0.25, 0.3) is 0 Å². The summed E-state index contributed by atoms with van der Waals surface area (Å²) >= 11 is 0. The molecular weight excluding hydrogens is 312 g/mol. The highest BCUT2D eigenvalue weighted by atomic mass is 16.5. The molecule has 2 aliphatic heterocycles. The fourth-order valence-electron chi connectivity index (χ4n) is 4.33. The number of ether oxygens (including phenoxy) is 1. The highest BCUT2D eigenvalue weighted by molar-refractivity contribution is 4.85. The molecule has 1 atom stereocenters. The highest BCUT2D eigenvalue weighted by Gasteiger charge is 2.32. The Hall–Kier alpha value is -0.160. The van der Waals surface area contributed by atoms with Crippen molar-refractivity contribution in [2.45, 2.75) is 96.9 Å². The highest BCUT2D eigenvalue weighted by Crippen LogP contribution is 2.29. The van der Waals surface area contributed by atoms with Crippen molar-refractivity contribution < 1.29 is 9.84 Å². The van der Waals surface area contributed by atoms with E-state index in [1.807, 2.05) is 13.8 Å². The van der Waals surface area contributed by atoms with Crippen molar-refractivity contribution in [3.05, 3.63) is 0 Å². The molecule has 4 nitrogen and oxygen atoms in total. The monoisotopic (exact) mass is 354 g/mol. The Morgan fingerprint density at radius 2 is 1.52 bits per heavy atom. The second kappa shape index (κ2) is 8.69. The Kier molecular flexibility index (Phi) is 7.35. The topological polar surface area (TPSA) is 35.9 Å². The minimum atomic E-state index is -0.527. The summed E-state index contributed by atoms with van der Waals surface area (Å²) in [6, 6.07) is 0.581. The molecule has 0 spiro atoms. The molecule has 2 rings (SSSR count). The molecule has 0 aromatic rings. The van der Waals surface area contributed by atoms with Crippen LogP contribution in [0, 0.1) is 5.92 Å². The first-order chi connectivity index (χ1) is 11.6. The first kappa shape index (κ1) is 21.1. The fraction of sp³-hybridized carbons (Fsp3) is 1.00. The minimum absolute atomic E-state index is 0.286. The number of hydrogen-bond donors (Lipinski definition) is 1. The van der Waals surface area contributed by atoms with Crippen molar-refractivity contribution >= 4 is 0 Å². The number of aliphatic hydroxyl groups is 1. The SMILES string of the molecule is CC(CCOC1CCN(C(C)(C)C)CC1)N1CCC(C(C)(C)O)CC1. The zero-order valence-electron chi connectivity index (χ0n) is 17.6. The second-order valence-corrected chi connectivity index (χ2v) is 9.83. The summed E-state index contributed by atoms with van der Waals surface area (Å²) < 4.78 is 6.19. The summed E-state index contributed by atoms with van der Waals surface area (Å²) in [6.07, 6.45) is 6.13. The zero-order valence-corrected chi connectivity index (χ0v) is 17.6. The summed E-state index contributed by atoms with van der Waals surface area (Å²) in [5, 5.41) is 10.2. The van der Waals surface area contributed by atoms with Gasteiger partial charge in [-0.25, -0.2) is 0 Å². The van der Waals surface area contributed by atoms with Crippen LogP contribution in [0.1, 0.15) is 73.6 Å². The number of hydrogen-bond acceptors (Lipinski definition) is 4. The number of nitrogens with zero attached hydrogens (tertiary/aromatic N) is 2. The fourth-order valence-corrected chi connectivity index (χ4v) is 4.33.